The molecule has 2 aliphatic carbocycles. The summed E-state index contributed by atoms with van der Waals surface area (Å²) in [6.07, 6.45) is 2.41. The molecule has 0 saturated heterocycles. The maximum absolute atomic E-state index is 12.1. The molecule has 4 nitrogen and oxygen atoms in total. The van der Waals surface area contributed by atoms with Crippen molar-refractivity contribution in [2.45, 2.75) is 65.2 Å². The number of carbonyl (C=O) groups is 2. The predicted octanol–water partition coefficient (Wildman–Crippen LogP) is 4.73. The Bertz CT molecular complexity index is 576. The number of fused-ring (bicyclic) bond motifs is 1. The zero-order valence-electron chi connectivity index (χ0n) is 15.3. The Morgan fingerprint density at radius 3 is 2.54 bits per heavy atom. The SMILES string of the molecule is C=C=C1C(OC(C)=O)C[C@]2(C)CC(C)(C)C[C@@H](SC(=O)OCC)[C@H]12. The lowest BCUT2D eigenvalue weighted by atomic mass is 9.60. The first kappa shape index (κ1) is 19.1. The van der Waals surface area contributed by atoms with E-state index in [2.05, 4.69) is 33.1 Å². The summed E-state index contributed by atoms with van der Waals surface area (Å²) < 4.78 is 10.7. The number of esters is 1. The second-order valence-electron chi connectivity index (χ2n) is 7.95. The summed E-state index contributed by atoms with van der Waals surface area (Å²) >= 11 is 1.27. The summed E-state index contributed by atoms with van der Waals surface area (Å²) in [5, 5.41) is -0.149. The molecule has 0 aromatic rings. The number of ether oxygens (including phenoxy) is 2. The van der Waals surface area contributed by atoms with Gasteiger partial charge in [-0.05, 0) is 48.8 Å². The van der Waals surface area contributed by atoms with Crippen molar-refractivity contribution in [1.29, 1.82) is 0 Å². The molecule has 0 aromatic carbocycles. The normalized spacial score (nSPS) is 34.2. The second-order valence-corrected chi connectivity index (χ2v) is 9.12. The number of thioether (sulfide) groups is 1. The number of rotatable bonds is 3. The third-order valence-electron chi connectivity index (χ3n) is 5.11. The maximum atomic E-state index is 12.1. The van der Waals surface area contributed by atoms with Crippen LogP contribution in [0.3, 0.4) is 0 Å². The average molecular weight is 352 g/mol. The molecule has 0 heterocycles. The van der Waals surface area contributed by atoms with Gasteiger partial charge < -0.3 is 9.47 Å². The van der Waals surface area contributed by atoms with Gasteiger partial charge in [-0.25, -0.2) is 4.79 Å². The first-order chi connectivity index (χ1) is 11.1. The Morgan fingerprint density at radius 2 is 2.00 bits per heavy atom. The van der Waals surface area contributed by atoms with E-state index >= 15 is 0 Å². The zero-order valence-corrected chi connectivity index (χ0v) is 16.1. The first-order valence-electron chi connectivity index (χ1n) is 8.52. The fourth-order valence-electron chi connectivity index (χ4n) is 4.81. The van der Waals surface area contributed by atoms with Gasteiger partial charge in [0.25, 0.3) is 0 Å². The molecular formula is C19H28O4S. The molecule has 0 aliphatic heterocycles. The molecule has 0 amide bonds. The lowest BCUT2D eigenvalue weighted by molar-refractivity contribution is -0.144. The highest BCUT2D eigenvalue weighted by Gasteiger charge is 2.57. The van der Waals surface area contributed by atoms with E-state index in [9.17, 15) is 9.59 Å². The molecule has 1 unspecified atom stereocenters. The van der Waals surface area contributed by atoms with Gasteiger partial charge in [0, 0.05) is 23.7 Å². The standard InChI is InChI=1S/C19H28O4S/c1-7-13-14(23-12(3)20)9-19(6)11-18(4,5)10-15(16(13)19)24-17(21)22-8-2/h14-16H,1,8-11H2,2-6H3/t14?,15-,16+,19-/m1/s1. The van der Waals surface area contributed by atoms with Gasteiger partial charge in [-0.3, -0.25) is 4.79 Å². The molecular weight excluding hydrogens is 324 g/mol. The number of hydrogen-bond acceptors (Lipinski definition) is 5. The van der Waals surface area contributed by atoms with Crippen LogP contribution < -0.4 is 0 Å². The van der Waals surface area contributed by atoms with Gasteiger partial charge in [-0.15, -0.1) is 5.73 Å². The van der Waals surface area contributed by atoms with E-state index in [-0.39, 0.29) is 39.4 Å². The molecule has 0 radical (unpaired) electrons. The molecule has 5 heteroatoms. The summed E-state index contributed by atoms with van der Waals surface area (Å²) in [7, 11) is 0. The summed E-state index contributed by atoms with van der Waals surface area (Å²) in [4.78, 5) is 23.6. The minimum absolute atomic E-state index is 0.0357. The Kier molecular flexibility index (Phi) is 5.56. The van der Waals surface area contributed by atoms with E-state index < -0.39 is 0 Å². The van der Waals surface area contributed by atoms with Crippen molar-refractivity contribution in [3.8, 4) is 0 Å². The van der Waals surface area contributed by atoms with E-state index in [1.807, 2.05) is 6.92 Å². The Balaban J connectivity index is 2.35. The molecule has 0 aromatic heterocycles. The highest BCUT2D eigenvalue weighted by Crippen LogP contribution is 2.62. The van der Waals surface area contributed by atoms with Crippen LogP contribution in [0.4, 0.5) is 4.79 Å². The van der Waals surface area contributed by atoms with Crippen molar-refractivity contribution < 1.29 is 19.1 Å². The molecule has 2 saturated carbocycles. The van der Waals surface area contributed by atoms with Gasteiger partial charge >= 0.3 is 11.3 Å². The predicted molar refractivity (Wildman–Crippen MR) is 95.8 cm³/mol. The van der Waals surface area contributed by atoms with Crippen LogP contribution in [0.15, 0.2) is 17.9 Å². The van der Waals surface area contributed by atoms with Crippen molar-refractivity contribution in [1.82, 2.24) is 0 Å². The van der Waals surface area contributed by atoms with Crippen LogP contribution in [-0.4, -0.2) is 29.2 Å². The minimum Gasteiger partial charge on any atom is -0.458 e. The summed E-state index contributed by atoms with van der Waals surface area (Å²) in [5.41, 5.74) is 4.05. The van der Waals surface area contributed by atoms with Gasteiger partial charge in [-0.2, -0.15) is 0 Å². The Hall–Kier alpha value is -1.19. The maximum Gasteiger partial charge on any atom is 0.367 e. The molecule has 0 N–H and O–H groups in total. The fourth-order valence-corrected chi connectivity index (χ4v) is 6.39. The molecule has 2 aliphatic rings. The van der Waals surface area contributed by atoms with Crippen molar-refractivity contribution in [3.63, 3.8) is 0 Å². The fraction of sp³-hybridized carbons (Fsp3) is 0.737. The van der Waals surface area contributed by atoms with Crippen LogP contribution in [-0.2, 0) is 14.3 Å². The zero-order chi connectivity index (χ0) is 18.1. The largest absolute Gasteiger partial charge is 0.458 e. The van der Waals surface area contributed by atoms with E-state index in [1.54, 1.807) is 0 Å². The van der Waals surface area contributed by atoms with Crippen LogP contribution in [0, 0.1) is 16.7 Å². The van der Waals surface area contributed by atoms with E-state index in [4.69, 9.17) is 9.47 Å². The van der Waals surface area contributed by atoms with Gasteiger partial charge in [0.2, 0.25) is 0 Å². The van der Waals surface area contributed by atoms with Crippen LogP contribution >= 0.6 is 11.8 Å². The van der Waals surface area contributed by atoms with Crippen LogP contribution in [0.25, 0.3) is 0 Å². The average Bonchev–Trinajstić information content (AvgIpc) is 2.67. The highest BCUT2D eigenvalue weighted by atomic mass is 32.2. The lowest BCUT2D eigenvalue weighted by Crippen LogP contribution is -2.43. The van der Waals surface area contributed by atoms with Crippen LogP contribution in [0.2, 0.25) is 0 Å². The van der Waals surface area contributed by atoms with Gasteiger partial charge in [0.05, 0.1) is 6.61 Å². The summed E-state index contributed by atoms with van der Waals surface area (Å²) in [6.45, 7) is 14.2. The Labute approximate surface area is 149 Å². The van der Waals surface area contributed by atoms with E-state index in [1.165, 1.54) is 18.7 Å². The smallest absolute Gasteiger partial charge is 0.367 e. The first-order valence-corrected chi connectivity index (χ1v) is 9.40. The van der Waals surface area contributed by atoms with Crippen molar-refractivity contribution in [2.75, 3.05) is 6.61 Å². The minimum atomic E-state index is -0.288. The highest BCUT2D eigenvalue weighted by molar-refractivity contribution is 8.13. The molecule has 0 spiro atoms. The Morgan fingerprint density at radius 1 is 1.33 bits per heavy atom. The molecule has 2 rings (SSSR count). The quantitative estimate of drug-likeness (QED) is 0.543. The van der Waals surface area contributed by atoms with Crippen LogP contribution in [0.1, 0.15) is 53.9 Å². The van der Waals surface area contributed by atoms with Crippen molar-refractivity contribution in [3.05, 3.63) is 17.9 Å². The van der Waals surface area contributed by atoms with Gasteiger partial charge in [0.1, 0.15) is 6.10 Å². The topological polar surface area (TPSA) is 52.6 Å². The van der Waals surface area contributed by atoms with Crippen molar-refractivity contribution >= 4 is 23.0 Å². The molecule has 0 bridgehead atoms. The molecule has 24 heavy (non-hydrogen) atoms. The third kappa shape index (κ3) is 3.89. The van der Waals surface area contributed by atoms with E-state index in [0.717, 1.165) is 24.8 Å². The third-order valence-corrected chi connectivity index (χ3v) is 6.17. The molecule has 2 fully saturated rings. The lowest BCUT2D eigenvalue weighted by Gasteiger charge is -2.48. The van der Waals surface area contributed by atoms with Crippen LogP contribution in [0.5, 0.6) is 0 Å². The summed E-state index contributed by atoms with van der Waals surface area (Å²) in [5.74, 6) is -0.161. The molecule has 4 atom stereocenters. The number of hydrogen-bond donors (Lipinski definition) is 0. The van der Waals surface area contributed by atoms with E-state index in [0.29, 0.717) is 6.61 Å². The van der Waals surface area contributed by atoms with Crippen molar-refractivity contribution in [2.24, 2.45) is 16.7 Å². The van der Waals surface area contributed by atoms with Gasteiger partial charge in [-0.1, -0.05) is 27.4 Å². The summed E-state index contributed by atoms with van der Waals surface area (Å²) in [6, 6.07) is 0. The monoisotopic (exact) mass is 352 g/mol. The number of carbonyl (C=O) groups excluding carboxylic acids is 2. The van der Waals surface area contributed by atoms with Gasteiger partial charge in [0.15, 0.2) is 0 Å². The second kappa shape index (κ2) is 6.97. The molecule has 134 valence electrons.